The first kappa shape index (κ1) is 15.9. The molecule has 2 aliphatic rings. The lowest BCUT2D eigenvalue weighted by molar-refractivity contribution is 0.0513. The molecule has 4 unspecified atom stereocenters. The van der Waals surface area contributed by atoms with Crippen molar-refractivity contribution < 1.29 is 14.2 Å². The monoisotopic (exact) mass is 308 g/mol. The molecule has 2 fully saturated rings. The Morgan fingerprint density at radius 3 is 3.09 bits per heavy atom. The van der Waals surface area contributed by atoms with Gasteiger partial charge in [0.15, 0.2) is 0 Å². The number of benzene rings is 1. The first-order chi connectivity index (χ1) is 10.7. The van der Waals surface area contributed by atoms with Crippen molar-refractivity contribution in [2.24, 2.45) is 5.92 Å². The number of hydrogen-bond acceptors (Lipinski definition) is 4. The molecule has 1 aliphatic heterocycles. The molecule has 0 bridgehead atoms. The summed E-state index contributed by atoms with van der Waals surface area (Å²) in [5.74, 6) is 0.235. The topological polar surface area (TPSA) is 53.5 Å². The first-order valence-corrected chi connectivity index (χ1v) is 8.22. The van der Waals surface area contributed by atoms with Gasteiger partial charge in [0.1, 0.15) is 5.82 Å². The molecule has 1 aromatic rings. The number of morpholine rings is 1. The average Bonchev–Trinajstić information content (AvgIpc) is 3.02. The van der Waals surface area contributed by atoms with Crippen molar-refractivity contribution in [1.82, 2.24) is 10.6 Å². The summed E-state index contributed by atoms with van der Waals surface area (Å²) in [6.45, 7) is 2.94. The third-order valence-corrected chi connectivity index (χ3v) is 4.84. The molecule has 3 rings (SSSR count). The van der Waals surface area contributed by atoms with Crippen LogP contribution in [0.5, 0.6) is 0 Å². The quantitative estimate of drug-likeness (QED) is 0.773. The van der Waals surface area contributed by atoms with Crippen LogP contribution in [-0.2, 0) is 4.74 Å². The van der Waals surface area contributed by atoms with Crippen LogP contribution in [0.25, 0.3) is 0 Å². The highest BCUT2D eigenvalue weighted by Crippen LogP contribution is 2.29. The molecule has 1 saturated carbocycles. The second-order valence-corrected chi connectivity index (χ2v) is 6.32. The smallest absolute Gasteiger partial charge is 0.123 e. The highest BCUT2D eigenvalue weighted by molar-refractivity contribution is 5.19. The second kappa shape index (κ2) is 7.51. The van der Waals surface area contributed by atoms with Crippen molar-refractivity contribution in [3.05, 3.63) is 35.6 Å². The van der Waals surface area contributed by atoms with Gasteiger partial charge in [-0.15, -0.1) is 0 Å². The fraction of sp³-hybridized carbons (Fsp3) is 0.647. The van der Waals surface area contributed by atoms with Gasteiger partial charge < -0.3 is 20.5 Å². The summed E-state index contributed by atoms with van der Waals surface area (Å²) < 4.78 is 18.8. The van der Waals surface area contributed by atoms with E-state index in [4.69, 9.17) is 4.74 Å². The highest BCUT2D eigenvalue weighted by Gasteiger charge is 2.34. The summed E-state index contributed by atoms with van der Waals surface area (Å²) in [6.07, 6.45) is 2.84. The van der Waals surface area contributed by atoms with Gasteiger partial charge in [-0.3, -0.25) is 0 Å². The first-order valence-electron chi connectivity index (χ1n) is 8.22. The third-order valence-electron chi connectivity index (χ3n) is 4.84. The average molecular weight is 308 g/mol. The maximum atomic E-state index is 13.2. The van der Waals surface area contributed by atoms with Gasteiger partial charge in [-0.05, 0) is 36.5 Å². The van der Waals surface area contributed by atoms with Crippen molar-refractivity contribution in [3.63, 3.8) is 0 Å². The Hall–Kier alpha value is -1.01. The largest absolute Gasteiger partial charge is 0.387 e. The third kappa shape index (κ3) is 3.84. The van der Waals surface area contributed by atoms with Gasteiger partial charge >= 0.3 is 0 Å². The molecular weight excluding hydrogens is 283 g/mol. The number of aliphatic hydroxyl groups excluding tert-OH is 1. The Morgan fingerprint density at radius 1 is 1.41 bits per heavy atom. The van der Waals surface area contributed by atoms with Crippen LogP contribution >= 0.6 is 0 Å². The van der Waals surface area contributed by atoms with Crippen LogP contribution in [0.2, 0.25) is 0 Å². The summed E-state index contributed by atoms with van der Waals surface area (Å²) in [4.78, 5) is 0. The molecule has 3 N–H and O–H groups in total. The molecule has 1 aliphatic carbocycles. The predicted octanol–water partition coefficient (Wildman–Crippen LogP) is 1.61. The molecule has 1 saturated heterocycles. The number of rotatable bonds is 5. The van der Waals surface area contributed by atoms with Gasteiger partial charge in [-0.25, -0.2) is 4.39 Å². The van der Waals surface area contributed by atoms with Crippen LogP contribution in [0.4, 0.5) is 4.39 Å². The number of ether oxygens (including phenoxy) is 1. The zero-order valence-electron chi connectivity index (χ0n) is 12.8. The standard InChI is InChI=1S/C17H25FN2O2/c18-13-4-1-3-12(9-13)17(21)10-20-15-6-2-5-14(15)16-11-22-8-7-19-16/h1,3-4,9,14-17,19-21H,2,5-8,10-11H2. The fourth-order valence-electron chi connectivity index (χ4n) is 3.68. The second-order valence-electron chi connectivity index (χ2n) is 6.32. The van der Waals surface area contributed by atoms with E-state index in [2.05, 4.69) is 10.6 Å². The molecule has 1 aromatic carbocycles. The Labute approximate surface area is 131 Å². The number of hydrogen-bond donors (Lipinski definition) is 3. The van der Waals surface area contributed by atoms with E-state index in [1.807, 2.05) is 0 Å². The summed E-state index contributed by atoms with van der Waals surface area (Å²) in [5.41, 5.74) is 0.626. The Bertz CT molecular complexity index is 479. The molecular formula is C17H25FN2O2. The maximum Gasteiger partial charge on any atom is 0.123 e. The van der Waals surface area contributed by atoms with Gasteiger partial charge in [-0.2, -0.15) is 0 Å². The summed E-state index contributed by atoms with van der Waals surface area (Å²) >= 11 is 0. The predicted molar refractivity (Wildman–Crippen MR) is 83.1 cm³/mol. The van der Waals surface area contributed by atoms with Crippen molar-refractivity contribution >= 4 is 0 Å². The van der Waals surface area contributed by atoms with E-state index in [0.29, 0.717) is 30.1 Å². The SMILES string of the molecule is OC(CNC1CCCC1C1COCCN1)c1cccc(F)c1. The summed E-state index contributed by atoms with van der Waals surface area (Å²) in [5, 5.41) is 17.3. The minimum atomic E-state index is -0.674. The van der Waals surface area contributed by atoms with E-state index in [1.165, 1.54) is 25.0 Å². The van der Waals surface area contributed by atoms with E-state index in [1.54, 1.807) is 12.1 Å². The van der Waals surface area contributed by atoms with Crippen LogP contribution < -0.4 is 10.6 Å². The molecule has 0 aromatic heterocycles. The number of halogens is 1. The highest BCUT2D eigenvalue weighted by atomic mass is 19.1. The van der Waals surface area contributed by atoms with Gasteiger partial charge in [0.2, 0.25) is 0 Å². The van der Waals surface area contributed by atoms with Crippen molar-refractivity contribution in [2.75, 3.05) is 26.3 Å². The van der Waals surface area contributed by atoms with Crippen LogP contribution in [0, 0.1) is 11.7 Å². The zero-order valence-corrected chi connectivity index (χ0v) is 12.8. The zero-order chi connectivity index (χ0) is 15.4. The minimum Gasteiger partial charge on any atom is -0.387 e. The number of aliphatic hydroxyl groups is 1. The molecule has 4 nitrogen and oxygen atoms in total. The Morgan fingerprint density at radius 2 is 2.32 bits per heavy atom. The summed E-state index contributed by atoms with van der Waals surface area (Å²) in [6, 6.07) is 6.98. The van der Waals surface area contributed by atoms with Gasteiger partial charge in [0.25, 0.3) is 0 Å². The van der Waals surface area contributed by atoms with E-state index in [0.717, 1.165) is 26.2 Å². The lowest BCUT2D eigenvalue weighted by Crippen LogP contribution is -2.51. The fourth-order valence-corrected chi connectivity index (χ4v) is 3.68. The van der Waals surface area contributed by atoms with Crippen LogP contribution in [0.1, 0.15) is 30.9 Å². The lowest BCUT2D eigenvalue weighted by atomic mass is 9.93. The molecule has 5 heteroatoms. The van der Waals surface area contributed by atoms with Gasteiger partial charge in [0, 0.05) is 25.2 Å². The molecule has 4 atom stereocenters. The van der Waals surface area contributed by atoms with E-state index in [9.17, 15) is 9.50 Å². The molecule has 0 spiro atoms. The molecule has 122 valence electrons. The normalized spacial score (nSPS) is 30.4. The van der Waals surface area contributed by atoms with Crippen LogP contribution in [0.15, 0.2) is 24.3 Å². The molecule has 22 heavy (non-hydrogen) atoms. The molecule has 0 amide bonds. The van der Waals surface area contributed by atoms with Crippen molar-refractivity contribution in [1.29, 1.82) is 0 Å². The van der Waals surface area contributed by atoms with Crippen LogP contribution in [-0.4, -0.2) is 43.5 Å². The van der Waals surface area contributed by atoms with E-state index < -0.39 is 6.10 Å². The number of nitrogens with one attached hydrogen (secondary N) is 2. The lowest BCUT2D eigenvalue weighted by Gasteiger charge is -2.33. The van der Waals surface area contributed by atoms with E-state index >= 15 is 0 Å². The summed E-state index contributed by atoms with van der Waals surface area (Å²) in [7, 11) is 0. The molecule has 1 heterocycles. The van der Waals surface area contributed by atoms with Crippen molar-refractivity contribution in [2.45, 2.75) is 37.5 Å². The van der Waals surface area contributed by atoms with E-state index in [-0.39, 0.29) is 5.82 Å². The Balaban J connectivity index is 1.53. The Kier molecular flexibility index (Phi) is 5.41. The minimum absolute atomic E-state index is 0.307. The van der Waals surface area contributed by atoms with Crippen LogP contribution in [0.3, 0.4) is 0 Å². The maximum absolute atomic E-state index is 13.2. The van der Waals surface area contributed by atoms with Gasteiger partial charge in [0.05, 0.1) is 19.3 Å². The molecule has 0 radical (unpaired) electrons. The van der Waals surface area contributed by atoms with Crippen molar-refractivity contribution in [3.8, 4) is 0 Å². The van der Waals surface area contributed by atoms with Gasteiger partial charge in [-0.1, -0.05) is 18.6 Å².